The lowest BCUT2D eigenvalue weighted by Crippen LogP contribution is -1.54. The number of hydrogen-bond donors (Lipinski definition) is 4. The van der Waals surface area contributed by atoms with Gasteiger partial charge in [-0.25, -0.2) is 4.57 Å². The largest absolute Gasteiger partial charge is 0.328 e. The third-order valence-corrected chi connectivity index (χ3v) is 0. The van der Waals surface area contributed by atoms with Crippen molar-refractivity contribution >= 4 is 17.3 Å². The molecule has 0 radical (unpaired) electrons. The molecule has 0 spiro atoms. The van der Waals surface area contributed by atoms with E-state index in [0.717, 1.165) is 0 Å². The fourth-order valence-corrected chi connectivity index (χ4v) is 0. The fourth-order valence-electron chi connectivity index (χ4n) is 0. The Labute approximate surface area is 42.5 Å². The van der Waals surface area contributed by atoms with Crippen molar-refractivity contribution in [2.75, 3.05) is 0 Å². The highest BCUT2D eigenvalue weighted by Crippen LogP contribution is 2.11. The van der Waals surface area contributed by atoms with Crippen LogP contribution in [0.5, 0.6) is 0 Å². The average molecular weight is 146 g/mol. The van der Waals surface area contributed by atoms with Gasteiger partial charge in [-0.15, -0.1) is 0 Å². The SMILES string of the molecule is O=PO.OP(O)O. The molecule has 7 heteroatoms. The van der Waals surface area contributed by atoms with Crippen molar-refractivity contribution in [2.45, 2.75) is 0 Å². The fraction of sp³-hybridized carbons (Fsp3) is 0. The van der Waals surface area contributed by atoms with Crippen LogP contribution >= 0.6 is 17.3 Å². The number of rotatable bonds is 0. The Morgan fingerprint density at radius 3 is 1.29 bits per heavy atom. The summed E-state index contributed by atoms with van der Waals surface area (Å²) in [4.78, 5) is 28.7. The first kappa shape index (κ1) is 10.4. The minimum atomic E-state index is -2.62. The van der Waals surface area contributed by atoms with Gasteiger partial charge in [0, 0.05) is 0 Å². The van der Waals surface area contributed by atoms with Gasteiger partial charge in [0.15, 0.2) is 0 Å². The van der Waals surface area contributed by atoms with Gasteiger partial charge in [0.2, 0.25) is 0 Å². The van der Waals surface area contributed by atoms with E-state index < -0.39 is 17.3 Å². The normalized spacial score (nSPS) is 8.14. The number of hydrogen-bond acceptors (Lipinski definition) is 4. The zero-order chi connectivity index (χ0) is 6.28. The van der Waals surface area contributed by atoms with Crippen LogP contribution in [0.4, 0.5) is 0 Å². The van der Waals surface area contributed by atoms with Crippen LogP contribution in [0.3, 0.4) is 0 Å². The molecule has 0 aromatic carbocycles. The van der Waals surface area contributed by atoms with Crippen molar-refractivity contribution in [3.8, 4) is 0 Å². The third-order valence-electron chi connectivity index (χ3n) is 0. The Kier molecular flexibility index (Phi) is 14.3. The van der Waals surface area contributed by atoms with Crippen molar-refractivity contribution in [1.29, 1.82) is 0 Å². The zero-order valence-electron chi connectivity index (χ0n) is 3.09. The van der Waals surface area contributed by atoms with Gasteiger partial charge in [0.25, 0.3) is 0 Å². The highest BCUT2D eigenvalue weighted by molar-refractivity contribution is 7.38. The van der Waals surface area contributed by atoms with Crippen molar-refractivity contribution in [3.63, 3.8) is 0 Å². The molecule has 0 aliphatic heterocycles. The molecule has 0 aliphatic carbocycles. The van der Waals surface area contributed by atoms with Gasteiger partial charge in [-0.2, -0.15) is 0 Å². The Balaban J connectivity index is 0. The summed E-state index contributed by atoms with van der Waals surface area (Å²) in [6, 6.07) is 0. The van der Waals surface area contributed by atoms with Crippen LogP contribution in [0.2, 0.25) is 0 Å². The molecule has 0 aromatic rings. The summed E-state index contributed by atoms with van der Waals surface area (Å²) in [5.74, 6) is 0. The predicted octanol–water partition coefficient (Wildman–Crippen LogP) is -0.624. The van der Waals surface area contributed by atoms with Crippen LogP contribution in [0.15, 0.2) is 0 Å². The second kappa shape index (κ2) is 9.62. The molecule has 5 nitrogen and oxygen atoms in total. The maximum Gasteiger partial charge on any atom is 0.324 e. The molecule has 0 saturated heterocycles. The van der Waals surface area contributed by atoms with Gasteiger partial charge < -0.3 is 19.6 Å². The molecule has 44 valence electrons. The van der Waals surface area contributed by atoms with E-state index in [1.165, 1.54) is 0 Å². The average Bonchev–Trinajstić information content (AvgIpc) is 1.33. The van der Waals surface area contributed by atoms with Crippen molar-refractivity contribution < 1.29 is 24.1 Å². The molecule has 0 bridgehead atoms. The Hall–Kier alpha value is 0.370. The molecule has 7 heavy (non-hydrogen) atoms. The first-order chi connectivity index (χ1) is 3.15. The molecule has 0 fully saturated rings. The van der Waals surface area contributed by atoms with Gasteiger partial charge in [0.05, 0.1) is 0 Å². The molecule has 0 aliphatic rings. The van der Waals surface area contributed by atoms with Crippen LogP contribution < -0.4 is 0 Å². The molecule has 0 rings (SSSR count). The quantitative estimate of drug-likeness (QED) is 0.341. The van der Waals surface area contributed by atoms with E-state index in [-0.39, 0.29) is 0 Å². The maximum atomic E-state index is 8.46. The van der Waals surface area contributed by atoms with Gasteiger partial charge in [-0.1, -0.05) is 0 Å². The Bertz CT molecular complexity index is 30.3. The van der Waals surface area contributed by atoms with E-state index >= 15 is 0 Å². The summed E-state index contributed by atoms with van der Waals surface area (Å²) in [5, 5.41) is 0. The highest BCUT2D eigenvalue weighted by atomic mass is 31.2. The van der Waals surface area contributed by atoms with E-state index in [1.54, 1.807) is 0 Å². The standard InChI is InChI=1S/H3O3P.HO2P/c1-4(2)3;1-3-2/h1-3H;(H,1,2). The van der Waals surface area contributed by atoms with E-state index in [1.807, 2.05) is 0 Å². The summed E-state index contributed by atoms with van der Waals surface area (Å²) in [7, 11) is -3.45. The maximum absolute atomic E-state index is 8.46. The topological polar surface area (TPSA) is 98.0 Å². The van der Waals surface area contributed by atoms with Gasteiger partial charge in [0.1, 0.15) is 0 Å². The smallest absolute Gasteiger partial charge is 0.324 e. The minimum Gasteiger partial charge on any atom is -0.328 e. The van der Waals surface area contributed by atoms with E-state index in [2.05, 4.69) is 0 Å². The van der Waals surface area contributed by atoms with E-state index in [4.69, 9.17) is 24.1 Å². The summed E-state index contributed by atoms with van der Waals surface area (Å²) >= 11 is 0. The van der Waals surface area contributed by atoms with Crippen LogP contribution in [0.25, 0.3) is 0 Å². The molecule has 0 amide bonds. The van der Waals surface area contributed by atoms with Crippen molar-refractivity contribution in [1.82, 2.24) is 0 Å². The summed E-state index contributed by atoms with van der Waals surface area (Å²) in [6.07, 6.45) is 0. The van der Waals surface area contributed by atoms with Gasteiger partial charge >= 0.3 is 17.3 Å². The summed E-state index contributed by atoms with van der Waals surface area (Å²) in [5.41, 5.74) is 0. The summed E-state index contributed by atoms with van der Waals surface area (Å²) < 4.78 is 8.46. The second-order valence-corrected chi connectivity index (χ2v) is 1.05. The Morgan fingerprint density at radius 1 is 1.29 bits per heavy atom. The van der Waals surface area contributed by atoms with Crippen molar-refractivity contribution in [2.24, 2.45) is 0 Å². The van der Waals surface area contributed by atoms with Gasteiger partial charge in [-0.3, -0.25) is 0 Å². The molecule has 4 N–H and O–H groups in total. The monoisotopic (exact) mass is 146 g/mol. The molecule has 0 saturated carbocycles. The second-order valence-electron chi connectivity index (χ2n) is 0.350. The van der Waals surface area contributed by atoms with Crippen molar-refractivity contribution in [3.05, 3.63) is 0 Å². The first-order valence-corrected chi connectivity index (χ1v) is 2.95. The lowest BCUT2D eigenvalue weighted by atomic mass is 15.8. The Morgan fingerprint density at radius 2 is 1.29 bits per heavy atom. The molecule has 0 unspecified atom stereocenters. The van der Waals surface area contributed by atoms with Crippen LogP contribution in [0.1, 0.15) is 0 Å². The van der Waals surface area contributed by atoms with Crippen LogP contribution in [0, 0.1) is 0 Å². The highest BCUT2D eigenvalue weighted by Gasteiger charge is 1.76. The predicted molar refractivity (Wildman–Crippen MR) is 23.4 cm³/mol. The molecule has 0 heterocycles. The molecule has 0 aromatic heterocycles. The minimum absolute atomic E-state index is 0.833. The van der Waals surface area contributed by atoms with E-state index in [9.17, 15) is 0 Å². The van der Waals surface area contributed by atoms with Crippen LogP contribution in [-0.4, -0.2) is 19.6 Å². The van der Waals surface area contributed by atoms with Crippen LogP contribution in [-0.2, 0) is 4.57 Å². The molecular weight excluding hydrogens is 142 g/mol. The zero-order valence-corrected chi connectivity index (χ0v) is 4.88. The third kappa shape index (κ3) is 889. The van der Waals surface area contributed by atoms with Gasteiger partial charge in [-0.05, 0) is 0 Å². The molecule has 0 atom stereocenters. The molecular formula is H4O5P2. The first-order valence-electron chi connectivity index (χ1n) is 0.983. The lowest BCUT2D eigenvalue weighted by molar-refractivity contribution is 0.368. The van der Waals surface area contributed by atoms with E-state index in [0.29, 0.717) is 0 Å². The lowest BCUT2D eigenvalue weighted by Gasteiger charge is -1.76. The summed E-state index contributed by atoms with van der Waals surface area (Å²) in [6.45, 7) is 0.